The van der Waals surface area contributed by atoms with Crippen LogP contribution in [0.2, 0.25) is 0 Å². The summed E-state index contributed by atoms with van der Waals surface area (Å²) in [7, 11) is 3.46. The summed E-state index contributed by atoms with van der Waals surface area (Å²) in [5.74, 6) is 0.677. The van der Waals surface area contributed by atoms with Crippen LogP contribution in [-0.2, 0) is 11.3 Å². The minimum absolute atomic E-state index is 0.0101. The van der Waals surface area contributed by atoms with Crippen molar-refractivity contribution >= 4 is 11.9 Å². The predicted octanol–water partition coefficient (Wildman–Crippen LogP) is 0.307. The molecule has 0 unspecified atom stereocenters. The Bertz CT molecular complexity index is 427. The normalized spacial score (nSPS) is 11.3. The van der Waals surface area contributed by atoms with Crippen molar-refractivity contribution in [3.63, 3.8) is 0 Å². The second-order valence-electron chi connectivity index (χ2n) is 4.93. The average Bonchev–Trinajstić information content (AvgIpc) is 2.98. The molecular formula is C14H26N6O. The molecule has 1 aromatic rings. The second-order valence-corrected chi connectivity index (χ2v) is 4.93. The number of rotatable bonds is 8. The second kappa shape index (κ2) is 9.79. The first-order valence-corrected chi connectivity index (χ1v) is 7.33. The van der Waals surface area contributed by atoms with Crippen LogP contribution in [-0.4, -0.2) is 60.3 Å². The third-order valence-electron chi connectivity index (χ3n) is 2.83. The lowest BCUT2D eigenvalue weighted by molar-refractivity contribution is -0.127. The van der Waals surface area contributed by atoms with Crippen LogP contribution in [0, 0.1) is 0 Å². The molecule has 1 aromatic heterocycles. The van der Waals surface area contributed by atoms with Gasteiger partial charge in [0.2, 0.25) is 5.91 Å². The smallest absolute Gasteiger partial charge is 0.243 e. The molecule has 0 bridgehead atoms. The number of likely N-dealkylation sites (N-methyl/N-ethyl adjacent to an activating group) is 1. The summed E-state index contributed by atoms with van der Waals surface area (Å²) in [6.07, 6.45) is 5.67. The fourth-order valence-electron chi connectivity index (χ4n) is 1.59. The van der Waals surface area contributed by atoms with Crippen LogP contribution in [0.4, 0.5) is 0 Å². The monoisotopic (exact) mass is 294 g/mol. The van der Waals surface area contributed by atoms with Crippen LogP contribution < -0.4 is 10.6 Å². The molecule has 0 fully saturated rings. The van der Waals surface area contributed by atoms with E-state index in [2.05, 4.69) is 27.6 Å². The number of carbonyl (C=O) groups excluding carboxylic acids is 1. The Kier molecular flexibility index (Phi) is 7.93. The molecular weight excluding hydrogens is 268 g/mol. The van der Waals surface area contributed by atoms with Gasteiger partial charge in [-0.1, -0.05) is 6.92 Å². The van der Waals surface area contributed by atoms with E-state index < -0.39 is 0 Å². The third kappa shape index (κ3) is 7.34. The first kappa shape index (κ1) is 17.0. The molecule has 0 aliphatic carbocycles. The van der Waals surface area contributed by atoms with E-state index in [-0.39, 0.29) is 12.5 Å². The van der Waals surface area contributed by atoms with Crippen molar-refractivity contribution in [1.82, 2.24) is 25.3 Å². The lowest BCUT2D eigenvalue weighted by Gasteiger charge is -2.13. The number of carbonyl (C=O) groups is 1. The number of hydrogen-bond acceptors (Lipinski definition) is 3. The van der Waals surface area contributed by atoms with Gasteiger partial charge < -0.3 is 15.5 Å². The van der Waals surface area contributed by atoms with Crippen molar-refractivity contribution in [3.05, 3.63) is 18.5 Å². The SMILES string of the molecule is CCCNC(=NCC(=O)N(C)C)NCCCn1cccn1. The number of guanidine groups is 1. The largest absolute Gasteiger partial charge is 0.356 e. The number of hydrogen-bond donors (Lipinski definition) is 2. The molecule has 0 aliphatic heterocycles. The van der Waals surface area contributed by atoms with Gasteiger partial charge in [-0.3, -0.25) is 9.48 Å². The molecule has 0 radical (unpaired) electrons. The summed E-state index contributed by atoms with van der Waals surface area (Å²) in [5.41, 5.74) is 0. The van der Waals surface area contributed by atoms with Gasteiger partial charge in [0.05, 0.1) is 0 Å². The van der Waals surface area contributed by atoms with Crippen LogP contribution in [0.3, 0.4) is 0 Å². The Hall–Kier alpha value is -2.05. The van der Waals surface area contributed by atoms with Gasteiger partial charge in [0.1, 0.15) is 6.54 Å². The number of aromatic nitrogens is 2. The van der Waals surface area contributed by atoms with Crippen molar-refractivity contribution in [2.24, 2.45) is 4.99 Å². The fraction of sp³-hybridized carbons (Fsp3) is 0.643. The maximum atomic E-state index is 11.6. The van der Waals surface area contributed by atoms with E-state index in [1.165, 1.54) is 0 Å². The van der Waals surface area contributed by atoms with Gasteiger partial charge in [0.15, 0.2) is 5.96 Å². The molecule has 0 spiro atoms. The molecule has 2 N–H and O–H groups in total. The molecule has 0 saturated carbocycles. The van der Waals surface area contributed by atoms with Crippen molar-refractivity contribution in [1.29, 1.82) is 0 Å². The summed E-state index contributed by atoms with van der Waals surface area (Å²) in [6, 6.07) is 1.91. The van der Waals surface area contributed by atoms with E-state index in [1.54, 1.807) is 25.2 Å². The maximum Gasteiger partial charge on any atom is 0.243 e. The molecule has 0 aliphatic rings. The number of aliphatic imine (C=N–C) groups is 1. The highest BCUT2D eigenvalue weighted by molar-refractivity contribution is 5.84. The van der Waals surface area contributed by atoms with E-state index in [4.69, 9.17) is 0 Å². The predicted molar refractivity (Wildman–Crippen MR) is 84.1 cm³/mol. The first-order chi connectivity index (χ1) is 10.1. The van der Waals surface area contributed by atoms with Gasteiger partial charge in [-0.15, -0.1) is 0 Å². The number of nitrogens with one attached hydrogen (secondary N) is 2. The zero-order valence-corrected chi connectivity index (χ0v) is 13.2. The van der Waals surface area contributed by atoms with Crippen LogP contribution in [0.5, 0.6) is 0 Å². The standard InChI is InChI=1S/C14H26N6O/c1-4-7-15-14(17-12-13(21)19(2)3)16-8-5-10-20-11-6-9-18-20/h6,9,11H,4-5,7-8,10,12H2,1-3H3,(H2,15,16,17). The average molecular weight is 294 g/mol. The first-order valence-electron chi connectivity index (χ1n) is 7.33. The maximum absolute atomic E-state index is 11.6. The highest BCUT2D eigenvalue weighted by Gasteiger charge is 2.04. The molecule has 1 heterocycles. The topological polar surface area (TPSA) is 74.6 Å². The molecule has 0 saturated heterocycles. The van der Waals surface area contributed by atoms with Gasteiger partial charge in [0.25, 0.3) is 0 Å². The summed E-state index contributed by atoms with van der Waals surface area (Å²) in [5, 5.41) is 10.6. The fourth-order valence-corrected chi connectivity index (χ4v) is 1.59. The number of nitrogens with zero attached hydrogens (tertiary/aromatic N) is 4. The zero-order valence-electron chi connectivity index (χ0n) is 13.2. The van der Waals surface area contributed by atoms with Crippen molar-refractivity contribution in [2.75, 3.05) is 33.7 Å². The zero-order chi connectivity index (χ0) is 15.5. The summed E-state index contributed by atoms with van der Waals surface area (Å²) < 4.78 is 1.90. The highest BCUT2D eigenvalue weighted by Crippen LogP contribution is 1.88. The van der Waals surface area contributed by atoms with E-state index >= 15 is 0 Å². The number of aryl methyl sites for hydroxylation is 1. The van der Waals surface area contributed by atoms with E-state index in [0.29, 0.717) is 5.96 Å². The van der Waals surface area contributed by atoms with Crippen molar-refractivity contribution in [3.8, 4) is 0 Å². The van der Waals surface area contributed by atoms with Gasteiger partial charge >= 0.3 is 0 Å². The summed E-state index contributed by atoms with van der Waals surface area (Å²) in [4.78, 5) is 17.4. The van der Waals surface area contributed by atoms with Gasteiger partial charge in [0, 0.05) is 46.1 Å². The van der Waals surface area contributed by atoms with Gasteiger partial charge in [-0.05, 0) is 18.9 Å². The Balaban J connectivity index is 2.34. The molecule has 0 atom stereocenters. The minimum Gasteiger partial charge on any atom is -0.356 e. The van der Waals surface area contributed by atoms with E-state index in [0.717, 1.165) is 32.5 Å². The minimum atomic E-state index is -0.0101. The lowest BCUT2D eigenvalue weighted by Crippen LogP contribution is -2.39. The van der Waals surface area contributed by atoms with Crippen LogP contribution in [0.25, 0.3) is 0 Å². The third-order valence-corrected chi connectivity index (χ3v) is 2.83. The molecule has 7 heteroatoms. The van der Waals surface area contributed by atoms with Crippen molar-refractivity contribution in [2.45, 2.75) is 26.3 Å². The van der Waals surface area contributed by atoms with Gasteiger partial charge in [-0.2, -0.15) is 5.10 Å². The van der Waals surface area contributed by atoms with E-state index in [1.807, 2.05) is 16.9 Å². The molecule has 1 rings (SSSR count). The van der Waals surface area contributed by atoms with Gasteiger partial charge in [-0.25, -0.2) is 4.99 Å². The van der Waals surface area contributed by atoms with E-state index in [9.17, 15) is 4.79 Å². The van der Waals surface area contributed by atoms with Crippen molar-refractivity contribution < 1.29 is 4.79 Å². The molecule has 118 valence electrons. The lowest BCUT2D eigenvalue weighted by atomic mass is 10.4. The molecule has 7 nitrogen and oxygen atoms in total. The highest BCUT2D eigenvalue weighted by atomic mass is 16.2. The molecule has 21 heavy (non-hydrogen) atoms. The molecule has 1 amide bonds. The summed E-state index contributed by atoms with van der Waals surface area (Å²) >= 11 is 0. The van der Waals surface area contributed by atoms with Crippen LogP contribution in [0.1, 0.15) is 19.8 Å². The van der Waals surface area contributed by atoms with Crippen LogP contribution in [0.15, 0.2) is 23.5 Å². The van der Waals surface area contributed by atoms with Crippen LogP contribution >= 0.6 is 0 Å². The molecule has 0 aromatic carbocycles. The Morgan fingerprint density at radius 3 is 2.71 bits per heavy atom. The Morgan fingerprint density at radius 2 is 2.10 bits per heavy atom. The Labute approximate surface area is 126 Å². The number of amides is 1. The quantitative estimate of drug-likeness (QED) is 0.411. The Morgan fingerprint density at radius 1 is 1.33 bits per heavy atom. The summed E-state index contributed by atoms with van der Waals surface area (Å²) in [6.45, 7) is 4.73.